The summed E-state index contributed by atoms with van der Waals surface area (Å²) in [7, 11) is 0. The predicted molar refractivity (Wildman–Crippen MR) is 101 cm³/mol. The molecule has 0 N–H and O–H groups in total. The monoisotopic (exact) mass is 350 g/mol. The number of benzene rings is 1. The molecule has 2 aromatic rings. The van der Waals surface area contributed by atoms with Crippen molar-refractivity contribution >= 4 is 28.9 Å². The highest BCUT2D eigenvalue weighted by Gasteiger charge is 2.26. The number of aromatic nitrogens is 2. The molecule has 1 aromatic heterocycles. The van der Waals surface area contributed by atoms with E-state index >= 15 is 0 Å². The second kappa shape index (κ2) is 7.19. The molecule has 1 aromatic carbocycles. The number of aliphatic imine (C=N–C) groups is 1. The van der Waals surface area contributed by atoms with Gasteiger partial charge in [0.05, 0.1) is 4.91 Å². The molecule has 6 heteroatoms. The lowest BCUT2D eigenvalue weighted by atomic mass is 10.1. The van der Waals surface area contributed by atoms with Crippen LogP contribution in [0, 0.1) is 0 Å². The van der Waals surface area contributed by atoms with E-state index in [1.807, 2.05) is 36.4 Å². The average Bonchev–Trinajstić information content (AvgIpc) is 3.04. The van der Waals surface area contributed by atoms with Crippen LogP contribution in [-0.2, 0) is 4.79 Å². The van der Waals surface area contributed by atoms with E-state index in [1.165, 1.54) is 31.0 Å². The van der Waals surface area contributed by atoms with Crippen molar-refractivity contribution in [2.75, 3.05) is 13.1 Å². The van der Waals surface area contributed by atoms with E-state index in [4.69, 9.17) is 0 Å². The lowest BCUT2D eigenvalue weighted by Gasteiger charge is -2.27. The third-order valence-corrected chi connectivity index (χ3v) is 5.28. The highest BCUT2D eigenvalue weighted by atomic mass is 32.2. The number of rotatable bonds is 2. The quantitative estimate of drug-likeness (QED) is 0.775. The van der Waals surface area contributed by atoms with Gasteiger partial charge in [0.2, 0.25) is 0 Å². The molecule has 3 heterocycles. The van der Waals surface area contributed by atoms with Crippen molar-refractivity contribution < 1.29 is 4.79 Å². The van der Waals surface area contributed by atoms with Gasteiger partial charge in [-0.1, -0.05) is 30.3 Å². The molecule has 4 rings (SSSR count). The van der Waals surface area contributed by atoms with Gasteiger partial charge < -0.3 is 4.90 Å². The molecule has 1 amide bonds. The predicted octanol–water partition coefficient (Wildman–Crippen LogP) is 3.60. The Bertz CT molecular complexity index is 824. The van der Waals surface area contributed by atoms with Gasteiger partial charge in [0.1, 0.15) is 0 Å². The summed E-state index contributed by atoms with van der Waals surface area (Å²) < 4.78 is 0. The number of nitrogens with zero attached hydrogens (tertiary/aromatic N) is 4. The highest BCUT2D eigenvalue weighted by Crippen LogP contribution is 2.31. The van der Waals surface area contributed by atoms with Gasteiger partial charge in [-0.05, 0) is 37.1 Å². The second-order valence-electron chi connectivity index (χ2n) is 6.06. The normalized spacial score (nSPS) is 19.4. The number of thioether (sulfide) groups is 1. The van der Waals surface area contributed by atoms with Crippen LogP contribution in [0.2, 0.25) is 0 Å². The van der Waals surface area contributed by atoms with Gasteiger partial charge in [0.15, 0.2) is 11.0 Å². The molecule has 1 fully saturated rings. The summed E-state index contributed by atoms with van der Waals surface area (Å²) in [6.07, 6.45) is 8.91. The van der Waals surface area contributed by atoms with E-state index < -0.39 is 0 Å². The molecule has 0 saturated carbocycles. The van der Waals surface area contributed by atoms with E-state index in [1.54, 1.807) is 12.4 Å². The molecule has 2 aliphatic heterocycles. The van der Waals surface area contributed by atoms with Crippen LogP contribution < -0.4 is 0 Å². The summed E-state index contributed by atoms with van der Waals surface area (Å²) in [4.78, 5) is 28.0. The molecule has 5 nitrogen and oxygen atoms in total. The smallest absolute Gasteiger partial charge is 0.286 e. The van der Waals surface area contributed by atoms with Crippen molar-refractivity contribution in [1.82, 2.24) is 14.9 Å². The van der Waals surface area contributed by atoms with Gasteiger partial charge in [-0.3, -0.25) is 4.79 Å². The topological polar surface area (TPSA) is 58.5 Å². The minimum absolute atomic E-state index is 0.169. The molecule has 2 aliphatic rings. The number of likely N-dealkylation sites (tertiary alicyclic amines) is 1. The molecule has 1 saturated heterocycles. The fourth-order valence-electron chi connectivity index (χ4n) is 2.92. The zero-order valence-corrected chi connectivity index (χ0v) is 14.6. The Kier molecular flexibility index (Phi) is 4.61. The summed E-state index contributed by atoms with van der Waals surface area (Å²) in [5, 5.41) is 0.831. The van der Waals surface area contributed by atoms with Crippen LogP contribution in [0.15, 0.2) is 52.6 Å². The molecular formula is C19H18N4OS. The minimum Gasteiger partial charge on any atom is -0.351 e. The first-order valence-electron chi connectivity index (χ1n) is 8.44. The molecule has 25 heavy (non-hydrogen) atoms. The van der Waals surface area contributed by atoms with Crippen molar-refractivity contribution in [3.63, 3.8) is 0 Å². The van der Waals surface area contributed by atoms with Gasteiger partial charge in [-0.2, -0.15) is 4.99 Å². The van der Waals surface area contributed by atoms with Gasteiger partial charge in [-0.15, -0.1) is 0 Å². The number of amidine groups is 1. The maximum atomic E-state index is 12.2. The summed E-state index contributed by atoms with van der Waals surface area (Å²) in [6.45, 7) is 1.97. The largest absolute Gasteiger partial charge is 0.351 e. The zero-order chi connectivity index (χ0) is 17.1. The minimum atomic E-state index is -0.169. The van der Waals surface area contributed by atoms with E-state index in [0.29, 0.717) is 10.7 Å². The van der Waals surface area contributed by atoms with Crippen LogP contribution in [0.1, 0.15) is 24.8 Å². The van der Waals surface area contributed by atoms with E-state index in [0.717, 1.165) is 29.4 Å². The van der Waals surface area contributed by atoms with Crippen LogP contribution in [0.25, 0.3) is 17.5 Å². The molecule has 0 bridgehead atoms. The Morgan fingerprint density at radius 3 is 2.44 bits per heavy atom. The van der Waals surface area contributed by atoms with Crippen molar-refractivity contribution in [1.29, 1.82) is 0 Å². The summed E-state index contributed by atoms with van der Waals surface area (Å²) >= 11 is 1.45. The Hall–Kier alpha value is -2.47. The lowest BCUT2D eigenvalue weighted by Crippen LogP contribution is -2.33. The Morgan fingerprint density at radius 1 is 1.00 bits per heavy atom. The van der Waals surface area contributed by atoms with Crippen molar-refractivity contribution in [2.45, 2.75) is 19.3 Å². The first kappa shape index (κ1) is 16.0. The van der Waals surface area contributed by atoms with Gasteiger partial charge >= 0.3 is 0 Å². The molecule has 0 unspecified atom stereocenters. The third-order valence-electron chi connectivity index (χ3n) is 4.24. The molecule has 0 spiro atoms. The fraction of sp³-hybridized carbons (Fsp3) is 0.263. The van der Waals surface area contributed by atoms with Crippen molar-refractivity contribution in [2.24, 2.45) is 4.99 Å². The fourth-order valence-corrected chi connectivity index (χ4v) is 3.88. The number of carbonyl (C=O) groups is 1. The van der Waals surface area contributed by atoms with Crippen molar-refractivity contribution in [3.05, 3.63) is 53.2 Å². The summed E-state index contributed by atoms with van der Waals surface area (Å²) in [5.74, 6) is 0.510. The molecular weight excluding hydrogens is 332 g/mol. The van der Waals surface area contributed by atoms with Crippen LogP contribution in [0.5, 0.6) is 0 Å². The Morgan fingerprint density at radius 2 is 1.72 bits per heavy atom. The number of hydrogen-bond acceptors (Lipinski definition) is 5. The molecule has 126 valence electrons. The highest BCUT2D eigenvalue weighted by molar-refractivity contribution is 8.18. The SMILES string of the molecule is O=C1N=C(N2CCCCC2)S/C1=C\c1cnc(-c2ccccc2)nc1. The number of hydrogen-bond donors (Lipinski definition) is 0. The molecule has 0 radical (unpaired) electrons. The third kappa shape index (κ3) is 3.64. The van der Waals surface area contributed by atoms with Gasteiger partial charge in [-0.25, -0.2) is 9.97 Å². The Labute approximate surface area is 150 Å². The average molecular weight is 350 g/mol. The first-order chi connectivity index (χ1) is 12.3. The maximum Gasteiger partial charge on any atom is 0.286 e. The van der Waals surface area contributed by atoms with E-state index in [-0.39, 0.29) is 5.91 Å². The van der Waals surface area contributed by atoms with E-state index in [9.17, 15) is 4.79 Å². The maximum absolute atomic E-state index is 12.2. The molecule has 0 aliphatic carbocycles. The summed E-state index contributed by atoms with van der Waals surface area (Å²) in [5.41, 5.74) is 1.79. The zero-order valence-electron chi connectivity index (χ0n) is 13.8. The van der Waals surface area contributed by atoms with Gasteiger partial charge in [0, 0.05) is 36.6 Å². The lowest BCUT2D eigenvalue weighted by molar-refractivity contribution is -0.113. The second-order valence-corrected chi connectivity index (χ2v) is 7.07. The van der Waals surface area contributed by atoms with Crippen LogP contribution in [-0.4, -0.2) is 39.0 Å². The standard InChI is InChI=1S/C19H18N4OS/c24-18-16(25-19(22-18)23-9-5-2-6-10-23)11-14-12-20-17(21-13-14)15-7-3-1-4-8-15/h1,3-4,7-8,11-13H,2,5-6,9-10H2/b16-11-. The number of carbonyl (C=O) groups excluding carboxylic acids is 1. The van der Waals surface area contributed by atoms with Crippen LogP contribution in [0.3, 0.4) is 0 Å². The van der Waals surface area contributed by atoms with E-state index in [2.05, 4.69) is 19.9 Å². The van der Waals surface area contributed by atoms with Gasteiger partial charge in [0.25, 0.3) is 5.91 Å². The number of amides is 1. The van der Waals surface area contributed by atoms with Crippen LogP contribution in [0.4, 0.5) is 0 Å². The first-order valence-corrected chi connectivity index (χ1v) is 9.26. The summed E-state index contributed by atoms with van der Waals surface area (Å²) in [6, 6.07) is 9.83. The van der Waals surface area contributed by atoms with Crippen molar-refractivity contribution in [3.8, 4) is 11.4 Å². The number of piperidine rings is 1. The Balaban J connectivity index is 1.49. The molecule has 0 atom stereocenters. The van der Waals surface area contributed by atoms with Crippen LogP contribution >= 0.6 is 11.8 Å².